The Morgan fingerprint density at radius 1 is 1.39 bits per heavy atom. The van der Waals surface area contributed by atoms with Gasteiger partial charge < -0.3 is 4.74 Å². The maximum atomic E-state index is 11.2. The number of benzene rings is 1. The van der Waals surface area contributed by atoms with Crippen LogP contribution in [-0.2, 0) is 10.0 Å². The molecule has 0 amide bonds. The average Bonchev–Trinajstić information content (AvgIpc) is 2.27. The zero-order chi connectivity index (χ0) is 13.9. The van der Waals surface area contributed by atoms with E-state index in [0.29, 0.717) is 0 Å². The van der Waals surface area contributed by atoms with E-state index in [-0.39, 0.29) is 27.3 Å². The minimum atomic E-state index is -3.91. The first-order chi connectivity index (χ1) is 8.25. The molecule has 1 aromatic rings. The lowest BCUT2D eigenvalue weighted by atomic mass is 10.3. The average molecular weight is 331 g/mol. The summed E-state index contributed by atoms with van der Waals surface area (Å²) >= 11 is 17.2. The Morgan fingerprint density at radius 3 is 2.50 bits per heavy atom. The maximum Gasteiger partial charge on any atom is 0.239 e. The van der Waals surface area contributed by atoms with E-state index in [1.165, 1.54) is 11.6 Å². The largest absolute Gasteiger partial charge is 0.488 e. The number of rotatable bonds is 4. The van der Waals surface area contributed by atoms with Gasteiger partial charge in [0, 0.05) is 11.6 Å². The first-order valence-electron chi connectivity index (χ1n) is 4.66. The number of hydrogen-bond donors (Lipinski definition) is 1. The van der Waals surface area contributed by atoms with Crippen LogP contribution in [0.5, 0.6) is 5.75 Å². The van der Waals surface area contributed by atoms with Gasteiger partial charge in [0.05, 0.1) is 10.0 Å². The van der Waals surface area contributed by atoms with Gasteiger partial charge in [0.1, 0.15) is 17.3 Å². The van der Waals surface area contributed by atoms with Crippen molar-refractivity contribution in [3.8, 4) is 5.75 Å². The third-order valence-electron chi connectivity index (χ3n) is 1.93. The quantitative estimate of drug-likeness (QED) is 0.922. The zero-order valence-electron chi connectivity index (χ0n) is 9.28. The van der Waals surface area contributed by atoms with Crippen LogP contribution in [0, 0.1) is 0 Å². The molecule has 0 unspecified atom stereocenters. The highest BCUT2D eigenvalue weighted by Crippen LogP contribution is 2.33. The molecule has 4 nitrogen and oxygen atoms in total. The number of halogens is 3. The van der Waals surface area contributed by atoms with Crippen LogP contribution in [0.1, 0.15) is 6.92 Å². The molecule has 0 saturated heterocycles. The van der Waals surface area contributed by atoms with Crippen molar-refractivity contribution in [3.05, 3.63) is 33.3 Å². The summed E-state index contributed by atoms with van der Waals surface area (Å²) in [6, 6.07) is 2.44. The molecule has 0 aliphatic rings. The minimum absolute atomic E-state index is 0.0515. The van der Waals surface area contributed by atoms with Crippen LogP contribution < -0.4 is 9.88 Å². The number of primary sulfonamides is 1. The Bertz CT molecular complexity index is 584. The van der Waals surface area contributed by atoms with Gasteiger partial charge in [-0.3, -0.25) is 0 Å². The molecular weight excluding hydrogens is 321 g/mol. The van der Waals surface area contributed by atoms with Crippen molar-refractivity contribution in [1.29, 1.82) is 0 Å². The van der Waals surface area contributed by atoms with E-state index in [2.05, 4.69) is 0 Å². The molecule has 2 N–H and O–H groups in total. The first kappa shape index (κ1) is 15.6. The summed E-state index contributed by atoms with van der Waals surface area (Å²) in [6.45, 7) is 1.98. The molecule has 0 spiro atoms. The number of hydrogen-bond acceptors (Lipinski definition) is 3. The fourth-order valence-electron chi connectivity index (χ4n) is 1.06. The predicted molar refractivity (Wildman–Crippen MR) is 72.9 cm³/mol. The number of sulfonamides is 1. The summed E-state index contributed by atoms with van der Waals surface area (Å²) in [5.41, 5.74) is 2.15. The monoisotopic (exact) mass is 329 g/mol. The van der Waals surface area contributed by atoms with Crippen LogP contribution in [0.15, 0.2) is 28.1 Å². The molecular formula is C10H10Cl3NO3S. The van der Waals surface area contributed by atoms with Crippen molar-refractivity contribution in [3.63, 3.8) is 0 Å². The van der Waals surface area contributed by atoms with Crippen LogP contribution in [0.2, 0.25) is 10.0 Å². The molecule has 0 heterocycles. The third kappa shape index (κ3) is 4.03. The summed E-state index contributed by atoms with van der Waals surface area (Å²) in [5, 5.41) is 5.03. The van der Waals surface area contributed by atoms with Crippen molar-refractivity contribution < 1.29 is 13.2 Å². The van der Waals surface area contributed by atoms with Gasteiger partial charge >= 0.3 is 0 Å². The van der Waals surface area contributed by atoms with Gasteiger partial charge in [-0.15, -0.1) is 0 Å². The Morgan fingerprint density at radius 2 is 2.00 bits per heavy atom. The molecule has 1 aromatic carbocycles. The lowest BCUT2D eigenvalue weighted by Crippen LogP contribution is -2.13. The standard InChI is InChI=1S/C10H10Cl3NO3S/c1-6(4-11)5-17-9-2-8(13)10(3-7(9)12)18(14,15)16/h2-4H,5H2,1H3,(H2,14,15,16)/b6-4-. The fraction of sp³-hybridized carbons (Fsp3) is 0.200. The zero-order valence-corrected chi connectivity index (χ0v) is 12.4. The molecule has 0 atom stereocenters. The second-order valence-electron chi connectivity index (χ2n) is 3.50. The smallest absolute Gasteiger partial charge is 0.239 e. The van der Waals surface area contributed by atoms with Gasteiger partial charge in [-0.1, -0.05) is 34.8 Å². The van der Waals surface area contributed by atoms with Crippen molar-refractivity contribution in [2.75, 3.05) is 6.61 Å². The minimum Gasteiger partial charge on any atom is -0.488 e. The van der Waals surface area contributed by atoms with E-state index < -0.39 is 10.0 Å². The van der Waals surface area contributed by atoms with E-state index in [9.17, 15) is 8.42 Å². The Hall–Kier alpha value is -0.460. The lowest BCUT2D eigenvalue weighted by Gasteiger charge is -2.10. The van der Waals surface area contributed by atoms with Crippen LogP contribution >= 0.6 is 34.8 Å². The lowest BCUT2D eigenvalue weighted by molar-refractivity contribution is 0.352. The van der Waals surface area contributed by atoms with Crippen molar-refractivity contribution in [2.24, 2.45) is 5.14 Å². The first-order valence-corrected chi connectivity index (χ1v) is 7.40. The number of ether oxygens (including phenoxy) is 1. The van der Waals surface area contributed by atoms with Crippen LogP contribution in [-0.4, -0.2) is 15.0 Å². The molecule has 1 rings (SSSR count). The van der Waals surface area contributed by atoms with Crippen molar-refractivity contribution in [1.82, 2.24) is 0 Å². The van der Waals surface area contributed by atoms with E-state index in [4.69, 9.17) is 44.7 Å². The van der Waals surface area contributed by atoms with E-state index in [1.54, 1.807) is 6.92 Å². The Balaban J connectivity index is 3.08. The molecule has 0 aromatic heterocycles. The summed E-state index contributed by atoms with van der Waals surface area (Å²) in [7, 11) is -3.91. The molecule has 18 heavy (non-hydrogen) atoms. The molecule has 0 radical (unpaired) electrons. The summed E-state index contributed by atoms with van der Waals surface area (Å²) < 4.78 is 27.7. The highest BCUT2D eigenvalue weighted by Gasteiger charge is 2.16. The van der Waals surface area contributed by atoms with Gasteiger partial charge in [-0.2, -0.15) is 0 Å². The molecule has 0 aliphatic heterocycles. The molecule has 0 fully saturated rings. The van der Waals surface area contributed by atoms with Crippen molar-refractivity contribution in [2.45, 2.75) is 11.8 Å². The second-order valence-corrected chi connectivity index (χ2v) is 6.06. The highest BCUT2D eigenvalue weighted by molar-refractivity contribution is 7.89. The van der Waals surface area contributed by atoms with Gasteiger partial charge in [0.2, 0.25) is 10.0 Å². The van der Waals surface area contributed by atoms with E-state index in [1.807, 2.05) is 0 Å². The summed E-state index contributed by atoms with van der Waals surface area (Å²) in [5.74, 6) is 0.256. The summed E-state index contributed by atoms with van der Waals surface area (Å²) in [4.78, 5) is -0.244. The van der Waals surface area contributed by atoms with Crippen LogP contribution in [0.4, 0.5) is 0 Å². The predicted octanol–water partition coefficient (Wildman–Crippen LogP) is 3.16. The fourth-order valence-corrected chi connectivity index (χ4v) is 2.50. The van der Waals surface area contributed by atoms with Gasteiger partial charge in [0.25, 0.3) is 0 Å². The molecule has 0 aliphatic carbocycles. The second kappa shape index (κ2) is 6.12. The van der Waals surface area contributed by atoms with Crippen LogP contribution in [0.3, 0.4) is 0 Å². The van der Waals surface area contributed by atoms with Crippen LogP contribution in [0.25, 0.3) is 0 Å². The Kier molecular flexibility index (Phi) is 5.31. The number of nitrogens with two attached hydrogens (primary N) is 1. The van der Waals surface area contributed by atoms with Gasteiger partial charge in [-0.25, -0.2) is 13.6 Å². The van der Waals surface area contributed by atoms with Gasteiger partial charge in [0.15, 0.2) is 0 Å². The molecule has 0 bridgehead atoms. The van der Waals surface area contributed by atoms with E-state index >= 15 is 0 Å². The van der Waals surface area contributed by atoms with E-state index in [0.717, 1.165) is 11.6 Å². The maximum absolute atomic E-state index is 11.2. The molecule has 8 heteroatoms. The highest BCUT2D eigenvalue weighted by atomic mass is 35.5. The third-order valence-corrected chi connectivity index (χ3v) is 3.98. The Labute approximate surface area is 120 Å². The summed E-state index contributed by atoms with van der Waals surface area (Å²) in [6.07, 6.45) is 0. The topological polar surface area (TPSA) is 69.4 Å². The molecule has 100 valence electrons. The normalized spacial score (nSPS) is 12.6. The van der Waals surface area contributed by atoms with Gasteiger partial charge in [-0.05, 0) is 18.6 Å². The van der Waals surface area contributed by atoms with Crippen molar-refractivity contribution >= 4 is 44.8 Å². The molecule has 0 saturated carbocycles. The SMILES string of the molecule is C/C(=C/Cl)COc1cc(Cl)c(S(N)(=O)=O)cc1Cl.